The second-order valence-corrected chi connectivity index (χ2v) is 3.68. The van der Waals surface area contributed by atoms with E-state index >= 15 is 0 Å². The molecule has 0 aromatic carbocycles. The smallest absolute Gasteiger partial charge is 0.244 e. The molecule has 4 heteroatoms. The second-order valence-electron chi connectivity index (χ2n) is 3.68. The molecule has 13 heavy (non-hydrogen) atoms. The van der Waals surface area contributed by atoms with E-state index in [1.165, 1.54) is 12.4 Å². The molecule has 0 aliphatic rings. The maximum absolute atomic E-state index is 11.1. The van der Waals surface area contributed by atoms with E-state index < -0.39 is 5.91 Å². The Kier molecular flexibility index (Phi) is 5.30. The number of hydrogen-bond acceptors (Lipinski definition) is 3. The maximum Gasteiger partial charge on any atom is 0.244 e. The molecule has 0 spiro atoms. The summed E-state index contributed by atoms with van der Waals surface area (Å²) >= 11 is 0. The number of hydroxylamine groups is 1. The number of nitrogens with one attached hydrogen (secondary N) is 1. The number of carbonyl (C=O) groups excluding carboxylic acids is 2. The number of carbonyl (C=O) groups is 2. The Bertz CT molecular complexity index is 189. The first-order chi connectivity index (χ1) is 5.97. The van der Waals surface area contributed by atoms with Gasteiger partial charge in [0.05, 0.1) is 0 Å². The summed E-state index contributed by atoms with van der Waals surface area (Å²) in [5, 5.41) is 8.29. The Hall–Kier alpha value is -0.900. The summed E-state index contributed by atoms with van der Waals surface area (Å²) in [6.45, 7) is 5.46. The fourth-order valence-corrected chi connectivity index (χ4v) is 1.23. The monoisotopic (exact) mass is 187 g/mol. The lowest BCUT2D eigenvalue weighted by atomic mass is 9.91. The van der Waals surface area contributed by atoms with E-state index in [0.717, 1.165) is 0 Å². The van der Waals surface area contributed by atoms with Crippen molar-refractivity contribution in [3.63, 3.8) is 0 Å². The van der Waals surface area contributed by atoms with Gasteiger partial charge in [-0.2, -0.15) is 0 Å². The van der Waals surface area contributed by atoms with Crippen LogP contribution in [-0.2, 0) is 9.59 Å². The molecule has 76 valence electrons. The highest BCUT2D eigenvalue weighted by atomic mass is 16.5. The summed E-state index contributed by atoms with van der Waals surface area (Å²) in [5.74, 6) is -0.398. The van der Waals surface area contributed by atoms with Crippen LogP contribution in [0.2, 0.25) is 0 Å². The van der Waals surface area contributed by atoms with Gasteiger partial charge in [-0.15, -0.1) is 0 Å². The summed E-state index contributed by atoms with van der Waals surface area (Å²) in [6.07, 6.45) is 0.757. The summed E-state index contributed by atoms with van der Waals surface area (Å²) in [6, 6.07) is 0. The van der Waals surface area contributed by atoms with Crippen LogP contribution in [0.5, 0.6) is 0 Å². The molecular weight excluding hydrogens is 170 g/mol. The van der Waals surface area contributed by atoms with Gasteiger partial charge in [-0.1, -0.05) is 13.8 Å². The molecule has 0 aromatic rings. The van der Waals surface area contributed by atoms with Gasteiger partial charge in [-0.25, -0.2) is 5.48 Å². The Morgan fingerprint density at radius 3 is 2.23 bits per heavy atom. The van der Waals surface area contributed by atoms with Gasteiger partial charge < -0.3 is 0 Å². The molecule has 1 atom stereocenters. The highest BCUT2D eigenvalue weighted by Gasteiger charge is 2.19. The van der Waals surface area contributed by atoms with E-state index in [0.29, 0.717) is 12.3 Å². The third-order valence-corrected chi connectivity index (χ3v) is 1.89. The Morgan fingerprint density at radius 1 is 1.38 bits per heavy atom. The van der Waals surface area contributed by atoms with Crippen molar-refractivity contribution in [2.75, 3.05) is 0 Å². The van der Waals surface area contributed by atoms with Crippen LogP contribution in [0.25, 0.3) is 0 Å². The highest BCUT2D eigenvalue weighted by Crippen LogP contribution is 2.16. The topological polar surface area (TPSA) is 66.4 Å². The first-order valence-corrected chi connectivity index (χ1v) is 4.40. The lowest BCUT2D eigenvalue weighted by Crippen LogP contribution is -2.25. The van der Waals surface area contributed by atoms with Crippen LogP contribution in [-0.4, -0.2) is 16.9 Å². The van der Waals surface area contributed by atoms with Crippen LogP contribution in [0.4, 0.5) is 0 Å². The molecule has 0 saturated heterocycles. The zero-order chi connectivity index (χ0) is 10.4. The van der Waals surface area contributed by atoms with Gasteiger partial charge in [0.1, 0.15) is 5.78 Å². The first-order valence-electron chi connectivity index (χ1n) is 4.40. The zero-order valence-electron chi connectivity index (χ0n) is 8.33. The quantitative estimate of drug-likeness (QED) is 0.501. The van der Waals surface area contributed by atoms with Crippen LogP contribution in [0, 0.1) is 11.8 Å². The van der Waals surface area contributed by atoms with Crippen LogP contribution in [0.1, 0.15) is 33.6 Å². The van der Waals surface area contributed by atoms with Gasteiger partial charge in [0.15, 0.2) is 0 Å². The van der Waals surface area contributed by atoms with Crippen molar-refractivity contribution >= 4 is 11.7 Å². The van der Waals surface area contributed by atoms with Crippen molar-refractivity contribution in [3.05, 3.63) is 0 Å². The molecule has 0 saturated carbocycles. The number of ketones is 1. The average Bonchev–Trinajstić information content (AvgIpc) is 2.02. The van der Waals surface area contributed by atoms with E-state index in [1.807, 2.05) is 13.8 Å². The lowest BCUT2D eigenvalue weighted by molar-refractivity contribution is -0.133. The normalized spacial score (nSPS) is 12.7. The minimum atomic E-state index is -0.499. The third kappa shape index (κ3) is 5.36. The van der Waals surface area contributed by atoms with Gasteiger partial charge in [0, 0.05) is 12.3 Å². The van der Waals surface area contributed by atoms with Crippen molar-refractivity contribution in [3.8, 4) is 0 Å². The predicted molar refractivity (Wildman–Crippen MR) is 48.2 cm³/mol. The zero-order valence-corrected chi connectivity index (χ0v) is 8.33. The largest absolute Gasteiger partial charge is 0.300 e. The molecule has 0 aromatic heterocycles. The third-order valence-electron chi connectivity index (χ3n) is 1.89. The molecule has 0 rings (SSSR count). The van der Waals surface area contributed by atoms with E-state index in [2.05, 4.69) is 0 Å². The van der Waals surface area contributed by atoms with Gasteiger partial charge >= 0.3 is 0 Å². The molecule has 2 N–H and O–H groups in total. The number of amides is 1. The second kappa shape index (κ2) is 5.70. The van der Waals surface area contributed by atoms with Crippen LogP contribution < -0.4 is 5.48 Å². The Labute approximate surface area is 78.3 Å². The average molecular weight is 187 g/mol. The van der Waals surface area contributed by atoms with Gasteiger partial charge in [-0.05, 0) is 19.3 Å². The van der Waals surface area contributed by atoms with E-state index in [9.17, 15) is 9.59 Å². The van der Waals surface area contributed by atoms with Crippen molar-refractivity contribution < 1.29 is 14.8 Å². The maximum atomic E-state index is 11.1. The van der Waals surface area contributed by atoms with Crippen molar-refractivity contribution in [1.82, 2.24) is 5.48 Å². The number of hydrogen-bond donors (Lipinski definition) is 2. The van der Waals surface area contributed by atoms with E-state index in [1.54, 1.807) is 0 Å². The van der Waals surface area contributed by atoms with E-state index in [-0.39, 0.29) is 18.1 Å². The highest BCUT2D eigenvalue weighted by molar-refractivity contribution is 5.85. The molecule has 1 amide bonds. The fourth-order valence-electron chi connectivity index (χ4n) is 1.23. The molecule has 0 unspecified atom stereocenters. The minimum absolute atomic E-state index is 0.00250. The SMILES string of the molecule is CC(=O)[C@H](CC(=O)NO)CC(C)C. The van der Waals surface area contributed by atoms with Crippen LogP contribution in [0.15, 0.2) is 0 Å². The Morgan fingerprint density at radius 2 is 1.92 bits per heavy atom. The Balaban J connectivity index is 4.10. The van der Waals surface area contributed by atoms with Gasteiger partial charge in [0.2, 0.25) is 5.91 Å². The first kappa shape index (κ1) is 12.1. The summed E-state index contributed by atoms with van der Waals surface area (Å²) in [4.78, 5) is 21.9. The van der Waals surface area contributed by atoms with Crippen molar-refractivity contribution in [2.45, 2.75) is 33.6 Å². The summed E-state index contributed by atoms with van der Waals surface area (Å²) < 4.78 is 0. The summed E-state index contributed by atoms with van der Waals surface area (Å²) in [5.41, 5.74) is 1.53. The molecule has 0 bridgehead atoms. The molecule has 0 fully saturated rings. The van der Waals surface area contributed by atoms with Crippen LogP contribution >= 0.6 is 0 Å². The molecule has 0 aliphatic carbocycles. The fraction of sp³-hybridized carbons (Fsp3) is 0.778. The molecule has 0 aliphatic heterocycles. The molecule has 0 heterocycles. The molecule has 4 nitrogen and oxygen atoms in total. The van der Waals surface area contributed by atoms with Gasteiger partial charge in [-0.3, -0.25) is 14.8 Å². The number of rotatable bonds is 5. The van der Waals surface area contributed by atoms with E-state index in [4.69, 9.17) is 5.21 Å². The van der Waals surface area contributed by atoms with Crippen LogP contribution in [0.3, 0.4) is 0 Å². The van der Waals surface area contributed by atoms with Crippen molar-refractivity contribution in [1.29, 1.82) is 0 Å². The summed E-state index contributed by atoms with van der Waals surface area (Å²) in [7, 11) is 0. The standard InChI is InChI=1S/C9H17NO3/c1-6(2)4-8(7(3)11)5-9(12)10-13/h6,8,13H,4-5H2,1-3H3,(H,10,12)/t8-/m0/s1. The predicted octanol–water partition coefficient (Wildman–Crippen LogP) is 1.13. The molecule has 0 radical (unpaired) electrons. The molecular formula is C9H17NO3. The van der Waals surface area contributed by atoms with Crippen molar-refractivity contribution in [2.24, 2.45) is 11.8 Å². The number of Topliss-reactive ketones (excluding diaryl/α,β-unsaturated/α-hetero) is 1. The van der Waals surface area contributed by atoms with Gasteiger partial charge in [0.25, 0.3) is 0 Å². The minimum Gasteiger partial charge on any atom is -0.300 e. The lowest BCUT2D eigenvalue weighted by Gasteiger charge is -2.14.